The molecule has 0 aliphatic carbocycles. The summed E-state index contributed by atoms with van der Waals surface area (Å²) in [6.45, 7) is 2.47. The molecule has 3 rings (SSSR count). The maximum atomic E-state index is 12.4. The van der Waals surface area contributed by atoms with Gasteiger partial charge in [-0.1, -0.05) is 0 Å². The Kier molecular flexibility index (Phi) is 5.02. The van der Waals surface area contributed by atoms with Gasteiger partial charge in [-0.15, -0.1) is 0 Å². The van der Waals surface area contributed by atoms with Gasteiger partial charge in [-0.3, -0.25) is 14.4 Å². The minimum absolute atomic E-state index is 0.0733. The van der Waals surface area contributed by atoms with Crippen molar-refractivity contribution < 1.29 is 23.2 Å². The van der Waals surface area contributed by atoms with Gasteiger partial charge in [0.2, 0.25) is 11.8 Å². The SMILES string of the molecule is C[C@H](CC(=O)c1ccco1)NC(=O)[C@@H]1CC(=O)N(Cc2ccco2)C1. The second-order valence-electron chi connectivity index (χ2n) is 6.27. The first-order chi connectivity index (χ1) is 12.0. The molecule has 1 fully saturated rings. The van der Waals surface area contributed by atoms with Gasteiger partial charge < -0.3 is 19.1 Å². The first-order valence-corrected chi connectivity index (χ1v) is 8.20. The predicted molar refractivity (Wildman–Crippen MR) is 87.5 cm³/mol. The highest BCUT2D eigenvalue weighted by Crippen LogP contribution is 2.21. The van der Waals surface area contributed by atoms with E-state index in [1.165, 1.54) is 6.26 Å². The molecule has 1 aliphatic rings. The van der Waals surface area contributed by atoms with Crippen molar-refractivity contribution >= 4 is 17.6 Å². The zero-order valence-corrected chi connectivity index (χ0v) is 13.9. The van der Waals surface area contributed by atoms with Gasteiger partial charge in [-0.25, -0.2) is 0 Å². The molecule has 3 heterocycles. The van der Waals surface area contributed by atoms with E-state index in [9.17, 15) is 14.4 Å². The van der Waals surface area contributed by atoms with Gasteiger partial charge >= 0.3 is 0 Å². The number of hydrogen-bond acceptors (Lipinski definition) is 5. The Labute approximate surface area is 145 Å². The summed E-state index contributed by atoms with van der Waals surface area (Å²) in [5.41, 5.74) is 0. The molecule has 2 aromatic rings. The fourth-order valence-corrected chi connectivity index (χ4v) is 2.92. The molecule has 132 valence electrons. The highest BCUT2D eigenvalue weighted by atomic mass is 16.3. The molecule has 0 bridgehead atoms. The second kappa shape index (κ2) is 7.38. The fraction of sp³-hybridized carbons (Fsp3) is 0.389. The molecule has 2 aromatic heterocycles. The van der Waals surface area contributed by atoms with Gasteiger partial charge in [0.15, 0.2) is 11.5 Å². The van der Waals surface area contributed by atoms with Crippen LogP contribution < -0.4 is 5.32 Å². The van der Waals surface area contributed by atoms with E-state index in [0.29, 0.717) is 18.8 Å². The minimum atomic E-state index is -0.413. The van der Waals surface area contributed by atoms with Crippen molar-refractivity contribution in [1.29, 1.82) is 0 Å². The summed E-state index contributed by atoms with van der Waals surface area (Å²) in [5, 5.41) is 2.81. The standard InChI is InChI=1S/C18H20N2O5/c1-12(8-15(21)16-5-3-7-25-16)19-18(23)13-9-17(22)20(10-13)11-14-4-2-6-24-14/h2-7,12-13H,8-11H2,1H3,(H,19,23)/t12-,13-/m1/s1. The summed E-state index contributed by atoms with van der Waals surface area (Å²) in [5.74, 6) is 0.0999. The van der Waals surface area contributed by atoms with Crippen LogP contribution in [0.15, 0.2) is 45.6 Å². The van der Waals surface area contributed by atoms with Crippen LogP contribution in [0.4, 0.5) is 0 Å². The number of ketones is 1. The highest BCUT2D eigenvalue weighted by molar-refractivity contribution is 5.94. The topological polar surface area (TPSA) is 92.8 Å². The number of Topliss-reactive ketones (excluding diaryl/α,β-unsaturated/α-hetero) is 1. The largest absolute Gasteiger partial charge is 0.467 e. The van der Waals surface area contributed by atoms with Gasteiger partial charge in [0.05, 0.1) is 25.0 Å². The highest BCUT2D eigenvalue weighted by Gasteiger charge is 2.35. The van der Waals surface area contributed by atoms with Crippen LogP contribution in [-0.2, 0) is 16.1 Å². The van der Waals surface area contributed by atoms with E-state index in [1.54, 1.807) is 42.4 Å². The maximum absolute atomic E-state index is 12.4. The molecule has 0 unspecified atom stereocenters. The quantitative estimate of drug-likeness (QED) is 0.776. The van der Waals surface area contributed by atoms with Crippen molar-refractivity contribution in [3.05, 3.63) is 48.3 Å². The van der Waals surface area contributed by atoms with Crippen LogP contribution in [0.2, 0.25) is 0 Å². The Bertz CT molecular complexity index is 736. The van der Waals surface area contributed by atoms with Crippen molar-refractivity contribution in [2.45, 2.75) is 32.4 Å². The smallest absolute Gasteiger partial charge is 0.225 e. The van der Waals surface area contributed by atoms with Crippen LogP contribution in [0.3, 0.4) is 0 Å². The van der Waals surface area contributed by atoms with E-state index < -0.39 is 5.92 Å². The second-order valence-corrected chi connectivity index (χ2v) is 6.27. The average molecular weight is 344 g/mol. The lowest BCUT2D eigenvalue weighted by Crippen LogP contribution is -2.39. The van der Waals surface area contributed by atoms with Crippen LogP contribution in [0.5, 0.6) is 0 Å². The fourth-order valence-electron chi connectivity index (χ4n) is 2.92. The number of nitrogens with one attached hydrogen (secondary N) is 1. The number of amides is 2. The molecule has 0 saturated carbocycles. The van der Waals surface area contributed by atoms with E-state index in [1.807, 2.05) is 0 Å². The van der Waals surface area contributed by atoms with Gasteiger partial charge in [0.25, 0.3) is 0 Å². The van der Waals surface area contributed by atoms with Crippen molar-refractivity contribution in [2.75, 3.05) is 6.54 Å². The normalized spacial score (nSPS) is 18.4. The first kappa shape index (κ1) is 17.0. The zero-order valence-electron chi connectivity index (χ0n) is 13.9. The molecular formula is C18H20N2O5. The number of likely N-dealkylation sites (tertiary alicyclic amines) is 1. The predicted octanol–water partition coefficient (Wildman–Crippen LogP) is 2.00. The number of furan rings is 2. The zero-order chi connectivity index (χ0) is 17.8. The first-order valence-electron chi connectivity index (χ1n) is 8.20. The summed E-state index contributed by atoms with van der Waals surface area (Å²) in [7, 11) is 0. The summed E-state index contributed by atoms with van der Waals surface area (Å²) in [6.07, 6.45) is 3.31. The molecule has 0 radical (unpaired) electrons. The van der Waals surface area contributed by atoms with E-state index >= 15 is 0 Å². The number of nitrogens with zero attached hydrogens (tertiary/aromatic N) is 1. The summed E-state index contributed by atoms with van der Waals surface area (Å²) >= 11 is 0. The van der Waals surface area contributed by atoms with E-state index in [2.05, 4.69) is 5.32 Å². The van der Waals surface area contributed by atoms with Crippen LogP contribution in [0.1, 0.15) is 36.1 Å². The van der Waals surface area contributed by atoms with Crippen LogP contribution >= 0.6 is 0 Å². The molecule has 0 aromatic carbocycles. The molecule has 2 amide bonds. The average Bonchev–Trinajstić information content (AvgIpc) is 3.30. The molecule has 1 N–H and O–H groups in total. The van der Waals surface area contributed by atoms with Crippen molar-refractivity contribution in [3.8, 4) is 0 Å². The maximum Gasteiger partial charge on any atom is 0.225 e. The third-order valence-electron chi connectivity index (χ3n) is 4.19. The summed E-state index contributed by atoms with van der Waals surface area (Å²) < 4.78 is 10.3. The van der Waals surface area contributed by atoms with Crippen molar-refractivity contribution in [2.24, 2.45) is 5.92 Å². The van der Waals surface area contributed by atoms with E-state index in [-0.39, 0.29) is 42.2 Å². The Morgan fingerprint density at radius 3 is 2.72 bits per heavy atom. The van der Waals surface area contributed by atoms with E-state index in [0.717, 1.165) is 0 Å². The van der Waals surface area contributed by atoms with Crippen LogP contribution in [0, 0.1) is 5.92 Å². The molecular weight excluding hydrogens is 324 g/mol. The molecule has 0 spiro atoms. The molecule has 2 atom stereocenters. The monoisotopic (exact) mass is 344 g/mol. The van der Waals surface area contributed by atoms with E-state index in [4.69, 9.17) is 8.83 Å². The molecule has 7 heteroatoms. The number of carbonyl (C=O) groups excluding carboxylic acids is 3. The Morgan fingerprint density at radius 1 is 1.28 bits per heavy atom. The molecule has 1 saturated heterocycles. The van der Waals surface area contributed by atoms with Crippen molar-refractivity contribution in [1.82, 2.24) is 10.2 Å². The number of hydrogen-bond donors (Lipinski definition) is 1. The molecule has 7 nitrogen and oxygen atoms in total. The third-order valence-corrected chi connectivity index (χ3v) is 4.19. The lowest BCUT2D eigenvalue weighted by Gasteiger charge is -2.17. The Hall–Kier alpha value is -2.83. The third kappa shape index (κ3) is 4.17. The lowest BCUT2D eigenvalue weighted by atomic mass is 10.1. The molecule has 1 aliphatic heterocycles. The minimum Gasteiger partial charge on any atom is -0.467 e. The van der Waals surface area contributed by atoms with Crippen molar-refractivity contribution in [3.63, 3.8) is 0 Å². The summed E-state index contributed by atoms with van der Waals surface area (Å²) in [4.78, 5) is 38.0. The number of rotatable bonds is 7. The van der Waals surface area contributed by atoms with Gasteiger partial charge in [-0.2, -0.15) is 0 Å². The Balaban J connectivity index is 1.49. The van der Waals surface area contributed by atoms with Crippen LogP contribution in [-0.4, -0.2) is 35.1 Å². The van der Waals surface area contributed by atoms with Gasteiger partial charge in [0, 0.05) is 25.4 Å². The van der Waals surface area contributed by atoms with Crippen LogP contribution in [0.25, 0.3) is 0 Å². The lowest BCUT2D eigenvalue weighted by molar-refractivity contribution is -0.129. The summed E-state index contributed by atoms with van der Waals surface area (Å²) in [6, 6.07) is 6.47. The van der Waals surface area contributed by atoms with Gasteiger partial charge in [-0.05, 0) is 31.2 Å². The number of carbonyl (C=O) groups is 3. The molecule has 25 heavy (non-hydrogen) atoms. The Morgan fingerprint density at radius 2 is 2.04 bits per heavy atom. The van der Waals surface area contributed by atoms with Gasteiger partial charge in [0.1, 0.15) is 5.76 Å².